The Kier molecular flexibility index (Phi) is 7.15. The zero-order valence-corrected chi connectivity index (χ0v) is 14.3. The molecule has 1 N–H and O–H groups in total. The lowest BCUT2D eigenvalue weighted by Gasteiger charge is -2.16. The first-order valence-electron chi connectivity index (χ1n) is 6.62. The third kappa shape index (κ3) is 6.47. The fourth-order valence-corrected chi connectivity index (χ4v) is 2.01. The number of ketones is 1. The minimum atomic E-state index is -0.0448. The molecule has 0 aliphatic heterocycles. The zero-order valence-electron chi connectivity index (χ0n) is 12.1. The van der Waals surface area contributed by atoms with Gasteiger partial charge in [-0.1, -0.05) is 26.0 Å². The van der Waals surface area contributed by atoms with Crippen molar-refractivity contribution >= 4 is 34.3 Å². The van der Waals surface area contributed by atoms with E-state index in [1.165, 1.54) is 0 Å². The molecule has 1 rings (SSSR count). The summed E-state index contributed by atoms with van der Waals surface area (Å²) in [5.41, 5.74) is 0.680. The maximum atomic E-state index is 12.0. The Morgan fingerprint density at radius 1 is 1.20 bits per heavy atom. The maximum absolute atomic E-state index is 12.0. The highest BCUT2D eigenvalue weighted by atomic mass is 127. The molecule has 20 heavy (non-hydrogen) atoms. The Balaban J connectivity index is 2.41. The van der Waals surface area contributed by atoms with Crippen LogP contribution in [-0.4, -0.2) is 43.3 Å². The van der Waals surface area contributed by atoms with Gasteiger partial charge in [-0.25, -0.2) is 0 Å². The fourth-order valence-electron chi connectivity index (χ4n) is 1.65. The summed E-state index contributed by atoms with van der Waals surface area (Å²) in [7, 11) is 1.78. The summed E-state index contributed by atoms with van der Waals surface area (Å²) in [6.07, 6.45) is 0. The Morgan fingerprint density at radius 2 is 1.80 bits per heavy atom. The summed E-state index contributed by atoms with van der Waals surface area (Å²) in [5.74, 6) is 0.412. The molecule has 0 aliphatic carbocycles. The van der Waals surface area contributed by atoms with Gasteiger partial charge in [-0.2, -0.15) is 0 Å². The molecule has 0 bridgehead atoms. The van der Waals surface area contributed by atoms with Gasteiger partial charge in [0.15, 0.2) is 5.78 Å². The number of carbonyl (C=O) groups is 2. The predicted molar refractivity (Wildman–Crippen MR) is 88.8 cm³/mol. The molecule has 1 aromatic carbocycles. The molecule has 0 aliphatic rings. The molecule has 0 heterocycles. The molecule has 0 atom stereocenters. The van der Waals surface area contributed by atoms with Crippen molar-refractivity contribution in [1.82, 2.24) is 10.2 Å². The molecule has 0 radical (unpaired) electrons. The maximum Gasteiger partial charge on any atom is 0.234 e. The normalized spacial score (nSPS) is 10.9. The number of nitrogens with one attached hydrogen (secondary N) is 1. The summed E-state index contributed by atoms with van der Waals surface area (Å²) in [4.78, 5) is 25.4. The van der Waals surface area contributed by atoms with Gasteiger partial charge < -0.3 is 5.32 Å². The van der Waals surface area contributed by atoms with E-state index in [1.54, 1.807) is 11.9 Å². The van der Waals surface area contributed by atoms with Crippen LogP contribution >= 0.6 is 22.6 Å². The van der Waals surface area contributed by atoms with Crippen LogP contribution in [0.5, 0.6) is 0 Å². The van der Waals surface area contributed by atoms with Crippen LogP contribution in [0.25, 0.3) is 0 Å². The van der Waals surface area contributed by atoms with E-state index in [-0.39, 0.29) is 24.8 Å². The van der Waals surface area contributed by atoms with Crippen LogP contribution in [0.1, 0.15) is 24.2 Å². The van der Waals surface area contributed by atoms with Crippen molar-refractivity contribution in [3.8, 4) is 0 Å². The monoisotopic (exact) mass is 388 g/mol. The SMILES string of the molecule is CC(C)CNC(=O)CN(C)CC(=O)c1ccc(I)cc1. The van der Waals surface area contributed by atoms with E-state index in [9.17, 15) is 9.59 Å². The van der Waals surface area contributed by atoms with Gasteiger partial charge in [0.25, 0.3) is 0 Å². The topological polar surface area (TPSA) is 49.4 Å². The van der Waals surface area contributed by atoms with Crippen LogP contribution < -0.4 is 5.32 Å². The molecule has 0 saturated heterocycles. The van der Waals surface area contributed by atoms with E-state index in [0.29, 0.717) is 18.0 Å². The number of benzene rings is 1. The minimum absolute atomic E-state index is 0.0283. The average Bonchev–Trinajstić information content (AvgIpc) is 2.36. The number of amides is 1. The van der Waals surface area contributed by atoms with E-state index >= 15 is 0 Å². The van der Waals surface area contributed by atoms with E-state index in [4.69, 9.17) is 0 Å². The second-order valence-corrected chi connectivity index (χ2v) is 6.55. The van der Waals surface area contributed by atoms with Gasteiger partial charge in [-0.3, -0.25) is 14.5 Å². The molecular weight excluding hydrogens is 367 g/mol. The van der Waals surface area contributed by atoms with E-state index in [1.807, 2.05) is 38.1 Å². The first kappa shape index (κ1) is 17.1. The number of hydrogen-bond acceptors (Lipinski definition) is 3. The molecule has 0 fully saturated rings. The van der Waals surface area contributed by atoms with Crippen molar-refractivity contribution in [3.05, 3.63) is 33.4 Å². The van der Waals surface area contributed by atoms with Gasteiger partial charge in [0.05, 0.1) is 13.1 Å². The highest BCUT2D eigenvalue weighted by molar-refractivity contribution is 14.1. The van der Waals surface area contributed by atoms with Crippen molar-refractivity contribution in [3.63, 3.8) is 0 Å². The second kappa shape index (κ2) is 8.36. The molecule has 5 heteroatoms. The van der Waals surface area contributed by atoms with Crippen LogP contribution in [0.4, 0.5) is 0 Å². The van der Waals surface area contributed by atoms with E-state index in [0.717, 1.165) is 3.57 Å². The second-order valence-electron chi connectivity index (χ2n) is 5.30. The van der Waals surface area contributed by atoms with Gasteiger partial charge in [0, 0.05) is 15.7 Å². The molecule has 0 saturated carbocycles. The largest absolute Gasteiger partial charge is 0.355 e. The fraction of sp³-hybridized carbons (Fsp3) is 0.467. The van der Waals surface area contributed by atoms with Crippen LogP contribution in [0.2, 0.25) is 0 Å². The van der Waals surface area contributed by atoms with Crippen molar-refractivity contribution in [2.45, 2.75) is 13.8 Å². The molecule has 1 amide bonds. The summed E-state index contributed by atoms with van der Waals surface area (Å²) in [5, 5.41) is 2.84. The number of hydrogen-bond donors (Lipinski definition) is 1. The number of Topliss-reactive ketones (excluding diaryl/α,β-unsaturated/α-hetero) is 1. The molecular formula is C15H21IN2O2. The quantitative estimate of drug-likeness (QED) is 0.576. The molecule has 4 nitrogen and oxygen atoms in total. The summed E-state index contributed by atoms with van der Waals surface area (Å²) >= 11 is 2.20. The van der Waals surface area contributed by atoms with Gasteiger partial charge in [0.2, 0.25) is 5.91 Å². The van der Waals surface area contributed by atoms with Gasteiger partial charge in [0.1, 0.15) is 0 Å². The van der Waals surface area contributed by atoms with Crippen LogP contribution in [0.15, 0.2) is 24.3 Å². The van der Waals surface area contributed by atoms with Crippen LogP contribution in [0.3, 0.4) is 0 Å². The Labute approximate surface area is 134 Å². The zero-order chi connectivity index (χ0) is 15.1. The van der Waals surface area contributed by atoms with Crippen molar-refractivity contribution in [1.29, 1.82) is 0 Å². The lowest BCUT2D eigenvalue weighted by Crippen LogP contribution is -2.38. The highest BCUT2D eigenvalue weighted by Gasteiger charge is 2.12. The average molecular weight is 388 g/mol. The van der Waals surface area contributed by atoms with E-state index in [2.05, 4.69) is 27.9 Å². The number of likely N-dealkylation sites (N-methyl/N-ethyl adjacent to an activating group) is 1. The molecule has 0 spiro atoms. The van der Waals surface area contributed by atoms with Crippen LogP contribution in [-0.2, 0) is 4.79 Å². The lowest BCUT2D eigenvalue weighted by molar-refractivity contribution is -0.121. The first-order valence-corrected chi connectivity index (χ1v) is 7.70. The summed E-state index contributed by atoms with van der Waals surface area (Å²) in [6.45, 7) is 5.24. The van der Waals surface area contributed by atoms with Crippen molar-refractivity contribution in [2.24, 2.45) is 5.92 Å². The van der Waals surface area contributed by atoms with Crippen molar-refractivity contribution < 1.29 is 9.59 Å². The Morgan fingerprint density at radius 3 is 2.35 bits per heavy atom. The smallest absolute Gasteiger partial charge is 0.234 e. The third-order valence-corrected chi connectivity index (χ3v) is 3.42. The van der Waals surface area contributed by atoms with Crippen LogP contribution in [0, 0.1) is 9.49 Å². The highest BCUT2D eigenvalue weighted by Crippen LogP contribution is 2.07. The van der Waals surface area contributed by atoms with E-state index < -0.39 is 0 Å². The standard InChI is InChI=1S/C15H21IN2O2/c1-11(2)8-17-15(20)10-18(3)9-14(19)12-4-6-13(16)7-5-12/h4-7,11H,8-10H2,1-3H3,(H,17,20). The number of halogens is 1. The van der Waals surface area contributed by atoms with Gasteiger partial charge in [-0.05, 0) is 47.7 Å². The predicted octanol–water partition coefficient (Wildman–Crippen LogP) is 2.18. The number of nitrogens with zero attached hydrogens (tertiary/aromatic N) is 1. The third-order valence-electron chi connectivity index (χ3n) is 2.70. The van der Waals surface area contributed by atoms with Gasteiger partial charge >= 0.3 is 0 Å². The molecule has 1 aromatic rings. The van der Waals surface area contributed by atoms with Crippen molar-refractivity contribution in [2.75, 3.05) is 26.7 Å². The minimum Gasteiger partial charge on any atom is -0.355 e. The number of carbonyl (C=O) groups excluding carboxylic acids is 2. The molecule has 0 unspecified atom stereocenters. The number of rotatable bonds is 7. The molecule has 110 valence electrons. The Bertz CT molecular complexity index is 457. The van der Waals surface area contributed by atoms with Gasteiger partial charge in [-0.15, -0.1) is 0 Å². The summed E-state index contributed by atoms with van der Waals surface area (Å²) < 4.78 is 1.10. The summed E-state index contributed by atoms with van der Waals surface area (Å²) in [6, 6.07) is 7.44. The Hall–Kier alpha value is -0.950. The lowest BCUT2D eigenvalue weighted by atomic mass is 10.1. The molecule has 0 aromatic heterocycles. The first-order chi connectivity index (χ1) is 9.38.